The third-order valence-electron chi connectivity index (χ3n) is 8.55. The van der Waals surface area contributed by atoms with E-state index < -0.39 is 5.41 Å². The lowest BCUT2D eigenvalue weighted by Gasteiger charge is -2.34. The normalized spacial score (nSPS) is 19.8. The molecule has 0 radical (unpaired) electrons. The van der Waals surface area contributed by atoms with Gasteiger partial charge in [0.25, 0.3) is 0 Å². The van der Waals surface area contributed by atoms with E-state index in [0.29, 0.717) is 17.9 Å². The maximum Gasteiger partial charge on any atom is 0.244 e. The van der Waals surface area contributed by atoms with Gasteiger partial charge in [-0.25, -0.2) is 0 Å². The highest BCUT2D eigenvalue weighted by atomic mass is 16.5. The number of rotatable bonds is 6. The Labute approximate surface area is 239 Å². The molecule has 1 unspecified atom stereocenters. The number of phenols is 1. The van der Waals surface area contributed by atoms with Crippen LogP contribution in [0.25, 0.3) is 0 Å². The van der Waals surface area contributed by atoms with Gasteiger partial charge in [0.2, 0.25) is 5.91 Å². The number of amides is 1. The summed E-state index contributed by atoms with van der Waals surface area (Å²) in [6.45, 7) is 16.6. The Bertz CT molecular complexity index is 1390. The number of carbonyl (C=O) groups excluding carboxylic acids is 1. The Morgan fingerprint density at radius 1 is 0.825 bits per heavy atom. The Hall–Kier alpha value is -3.31. The van der Waals surface area contributed by atoms with Crippen molar-refractivity contribution in [3.63, 3.8) is 0 Å². The highest BCUT2D eigenvalue weighted by Gasteiger charge is 2.53. The fraction of sp³-hybridized carbons (Fsp3) is 0.457. The summed E-state index contributed by atoms with van der Waals surface area (Å²) in [6, 6.07) is 19.8. The second kappa shape index (κ2) is 10.6. The van der Waals surface area contributed by atoms with Gasteiger partial charge in [-0.15, -0.1) is 0 Å². The maximum absolute atomic E-state index is 14.4. The summed E-state index contributed by atoms with van der Waals surface area (Å²) in [5.41, 5.74) is 3.50. The molecule has 5 rings (SSSR count). The molecule has 1 saturated heterocycles. The summed E-state index contributed by atoms with van der Waals surface area (Å²) in [4.78, 5) is 16.9. The first-order valence-corrected chi connectivity index (χ1v) is 14.7. The zero-order valence-electron chi connectivity index (χ0n) is 24.9. The number of phenolic OH excluding ortho intramolecular Hbond substituents is 1. The second-order valence-electron chi connectivity index (χ2n) is 13.4. The van der Waals surface area contributed by atoms with Crippen LogP contribution in [0.5, 0.6) is 11.5 Å². The van der Waals surface area contributed by atoms with Crippen molar-refractivity contribution in [3.05, 3.63) is 88.5 Å². The van der Waals surface area contributed by atoms with E-state index in [4.69, 9.17) is 4.74 Å². The number of ether oxygens (including phenoxy) is 1. The van der Waals surface area contributed by atoms with Gasteiger partial charge >= 0.3 is 0 Å². The number of nitrogens with zero attached hydrogens (tertiary/aromatic N) is 1. The number of aromatic hydroxyl groups is 1. The molecular weight excluding hydrogens is 496 g/mol. The molecule has 3 aromatic carbocycles. The largest absolute Gasteiger partial charge is 0.508 e. The number of carbonyl (C=O) groups is 1. The minimum Gasteiger partial charge on any atom is -0.508 e. The van der Waals surface area contributed by atoms with Crippen molar-refractivity contribution in [2.75, 3.05) is 31.6 Å². The second-order valence-corrected chi connectivity index (χ2v) is 13.4. The smallest absolute Gasteiger partial charge is 0.244 e. The number of hydrogen-bond acceptors (Lipinski definition) is 4. The van der Waals surface area contributed by atoms with E-state index in [2.05, 4.69) is 63.9 Å². The van der Waals surface area contributed by atoms with E-state index in [1.807, 2.05) is 42.5 Å². The van der Waals surface area contributed by atoms with Crippen molar-refractivity contribution in [2.45, 2.75) is 77.0 Å². The van der Waals surface area contributed by atoms with Crippen LogP contribution in [0.4, 0.5) is 5.69 Å². The van der Waals surface area contributed by atoms with Crippen molar-refractivity contribution in [3.8, 4) is 11.5 Å². The molecule has 0 saturated carbocycles. The van der Waals surface area contributed by atoms with Crippen LogP contribution in [0.15, 0.2) is 60.7 Å². The van der Waals surface area contributed by atoms with Crippen LogP contribution in [-0.2, 0) is 21.0 Å². The predicted octanol–water partition coefficient (Wildman–Crippen LogP) is 7.14. The zero-order chi connectivity index (χ0) is 28.7. The number of fused-ring (bicyclic) bond motifs is 1. The summed E-state index contributed by atoms with van der Waals surface area (Å²) < 4.78 is 6.56. The molecule has 212 valence electrons. The number of benzene rings is 3. The molecule has 2 aliphatic rings. The fourth-order valence-electron chi connectivity index (χ4n) is 6.12. The SMILES string of the molecule is CC(C)(C)c1ccc(O)c(C2(c3cc(C(C)(C)C)ccc3OCCN3CCCCC3)C(=O)Nc3ccccc32)c1. The molecule has 3 aromatic rings. The van der Waals surface area contributed by atoms with Crippen molar-refractivity contribution in [1.29, 1.82) is 0 Å². The van der Waals surface area contributed by atoms with Gasteiger partial charge < -0.3 is 15.2 Å². The fourth-order valence-corrected chi connectivity index (χ4v) is 6.12. The van der Waals surface area contributed by atoms with Crippen molar-refractivity contribution in [2.24, 2.45) is 0 Å². The zero-order valence-corrected chi connectivity index (χ0v) is 24.9. The molecule has 2 aliphatic heterocycles. The van der Waals surface area contributed by atoms with Gasteiger partial charge in [-0.2, -0.15) is 0 Å². The van der Waals surface area contributed by atoms with E-state index >= 15 is 0 Å². The number of nitrogens with one attached hydrogen (secondary N) is 1. The van der Waals surface area contributed by atoms with Gasteiger partial charge in [-0.05, 0) is 78.2 Å². The minimum atomic E-state index is -1.27. The summed E-state index contributed by atoms with van der Waals surface area (Å²) in [7, 11) is 0. The lowest BCUT2D eigenvalue weighted by molar-refractivity contribution is -0.118. The summed E-state index contributed by atoms with van der Waals surface area (Å²) >= 11 is 0. The molecule has 5 heteroatoms. The first-order valence-electron chi connectivity index (χ1n) is 14.7. The molecular formula is C35H44N2O3. The lowest BCUT2D eigenvalue weighted by atomic mass is 9.67. The van der Waals surface area contributed by atoms with Gasteiger partial charge in [-0.1, -0.05) is 78.3 Å². The first kappa shape index (κ1) is 28.2. The van der Waals surface area contributed by atoms with Crippen LogP contribution in [0.2, 0.25) is 0 Å². The Morgan fingerprint density at radius 3 is 2.12 bits per heavy atom. The van der Waals surface area contributed by atoms with Gasteiger partial charge in [0.1, 0.15) is 23.5 Å². The van der Waals surface area contributed by atoms with Gasteiger partial charge in [0, 0.05) is 28.9 Å². The van der Waals surface area contributed by atoms with E-state index in [-0.39, 0.29) is 22.5 Å². The number of anilines is 1. The molecule has 2 heterocycles. The maximum atomic E-state index is 14.4. The highest BCUT2D eigenvalue weighted by Crippen LogP contribution is 2.53. The van der Waals surface area contributed by atoms with Crippen LogP contribution >= 0.6 is 0 Å². The Balaban J connectivity index is 1.73. The molecule has 0 aliphatic carbocycles. The summed E-state index contributed by atoms with van der Waals surface area (Å²) in [5, 5.41) is 14.6. The van der Waals surface area contributed by atoms with E-state index in [1.54, 1.807) is 6.07 Å². The number of hydrogen-bond donors (Lipinski definition) is 2. The topological polar surface area (TPSA) is 61.8 Å². The van der Waals surface area contributed by atoms with Crippen LogP contribution in [0.3, 0.4) is 0 Å². The predicted molar refractivity (Wildman–Crippen MR) is 163 cm³/mol. The number of likely N-dealkylation sites (tertiary alicyclic amines) is 1. The Morgan fingerprint density at radius 2 is 1.45 bits per heavy atom. The molecule has 1 atom stereocenters. The van der Waals surface area contributed by atoms with Crippen molar-refractivity contribution < 1.29 is 14.6 Å². The number of para-hydroxylation sites is 1. The van der Waals surface area contributed by atoms with Gasteiger partial charge in [0.15, 0.2) is 0 Å². The van der Waals surface area contributed by atoms with Crippen LogP contribution in [0.1, 0.15) is 88.6 Å². The van der Waals surface area contributed by atoms with Crippen LogP contribution in [0, 0.1) is 0 Å². The molecule has 0 spiro atoms. The average molecular weight is 541 g/mol. The van der Waals surface area contributed by atoms with Crippen molar-refractivity contribution >= 4 is 11.6 Å². The van der Waals surface area contributed by atoms with Gasteiger partial charge in [-0.3, -0.25) is 9.69 Å². The molecule has 40 heavy (non-hydrogen) atoms. The molecule has 5 nitrogen and oxygen atoms in total. The van der Waals surface area contributed by atoms with Crippen LogP contribution < -0.4 is 10.1 Å². The van der Waals surface area contributed by atoms with E-state index in [0.717, 1.165) is 47.6 Å². The average Bonchev–Trinajstić information content (AvgIpc) is 3.20. The monoisotopic (exact) mass is 540 g/mol. The quantitative estimate of drug-likeness (QED) is 0.349. The molecule has 1 fully saturated rings. The van der Waals surface area contributed by atoms with Crippen molar-refractivity contribution in [1.82, 2.24) is 4.90 Å². The molecule has 2 N–H and O–H groups in total. The summed E-state index contributed by atoms with van der Waals surface area (Å²) in [6.07, 6.45) is 3.76. The van der Waals surface area contributed by atoms with Crippen LogP contribution in [-0.4, -0.2) is 42.2 Å². The molecule has 0 bridgehead atoms. The van der Waals surface area contributed by atoms with Gasteiger partial charge in [0.05, 0.1) is 0 Å². The third kappa shape index (κ3) is 5.12. The standard InChI is InChI=1S/C35H44N2O3/c1-33(2,3)24-14-16-30(38)27(22-24)35(26-12-8-9-13-29(26)36-32(35)39)28-23-25(34(4,5)6)15-17-31(28)40-21-20-37-18-10-7-11-19-37/h8-9,12-17,22-23,38H,7,10-11,18-21H2,1-6H3,(H,36,39). The Kier molecular flexibility index (Phi) is 7.47. The highest BCUT2D eigenvalue weighted by molar-refractivity contribution is 6.12. The van der Waals surface area contributed by atoms with E-state index in [1.165, 1.54) is 19.3 Å². The minimum absolute atomic E-state index is 0.0975. The number of piperidine rings is 1. The first-order chi connectivity index (χ1) is 18.9. The molecule has 1 amide bonds. The third-order valence-corrected chi connectivity index (χ3v) is 8.55. The summed E-state index contributed by atoms with van der Waals surface area (Å²) in [5.74, 6) is 0.597. The lowest BCUT2D eigenvalue weighted by Crippen LogP contribution is -2.38. The van der Waals surface area contributed by atoms with E-state index in [9.17, 15) is 9.90 Å². The molecule has 0 aromatic heterocycles.